The summed E-state index contributed by atoms with van der Waals surface area (Å²) < 4.78 is 175. The lowest BCUT2D eigenvalue weighted by molar-refractivity contribution is -0.243. The molecule has 0 heterocycles. The number of rotatable bonds is 6. The summed E-state index contributed by atoms with van der Waals surface area (Å²) in [6.45, 7) is 0. The first-order chi connectivity index (χ1) is 9.96. The molecule has 0 atom stereocenters. The highest BCUT2D eigenvalue weighted by molar-refractivity contribution is 8.05. The van der Waals surface area contributed by atoms with Crippen molar-refractivity contribution < 1.29 is 64.8 Å². The van der Waals surface area contributed by atoms with Gasteiger partial charge in [0.05, 0.1) is 0 Å². The van der Waals surface area contributed by atoms with Crippen molar-refractivity contribution in [2.45, 2.75) is 21.9 Å². The molecule has 0 aliphatic carbocycles. The van der Waals surface area contributed by atoms with Crippen LogP contribution < -0.4 is 9.27 Å². The predicted molar refractivity (Wildman–Crippen MR) is 55.0 cm³/mol. The first-order valence-corrected chi connectivity index (χ1v) is 8.97. The van der Waals surface area contributed by atoms with Gasteiger partial charge in [-0.3, -0.25) is 0 Å². The topological polar surface area (TPSA) is 140 Å². The normalized spacial score (nSPS) is 16.2. The molecule has 3 N–H and O–H groups in total. The van der Waals surface area contributed by atoms with Gasteiger partial charge in [0.1, 0.15) is 0 Å². The van der Waals surface area contributed by atoms with Gasteiger partial charge in [-0.2, -0.15) is 39.5 Å². The third-order valence-electron chi connectivity index (χ3n) is 1.95. The third-order valence-corrected chi connectivity index (χ3v) is 6.22. The maximum Gasteiger partial charge on any atom is 0.512 e. The van der Waals surface area contributed by atoms with E-state index in [1.807, 2.05) is 0 Å². The van der Waals surface area contributed by atoms with Crippen molar-refractivity contribution in [2.75, 3.05) is 0 Å². The molecule has 0 fully saturated rings. The minimum atomic E-state index is -7.74. The van der Waals surface area contributed by atoms with Gasteiger partial charge in [-0.05, 0) is 0 Å². The highest BCUT2D eigenvalue weighted by Crippen LogP contribution is 2.50. The lowest BCUT2D eigenvalue weighted by Crippen LogP contribution is -2.64. The number of nitrogens with one attached hydrogen (secondary N) is 1. The molecular formula is C4H3F9N2O6S3. The molecule has 0 rings (SSSR count). The minimum Gasteiger partial charge on any atom is -0.223 e. The van der Waals surface area contributed by atoms with Crippen molar-refractivity contribution in [1.29, 1.82) is 0 Å². The second kappa shape index (κ2) is 5.57. The molecule has 0 aliphatic heterocycles. The number of nitrogens with two attached hydrogens (primary N) is 1. The lowest BCUT2D eigenvalue weighted by atomic mass is 10.3. The number of hydrogen-bond donors (Lipinski definition) is 2. The van der Waals surface area contributed by atoms with Crippen LogP contribution in [0.4, 0.5) is 39.5 Å². The Labute approximate surface area is 126 Å². The Bertz CT molecular complexity index is 810. The molecule has 0 aliphatic rings. The van der Waals surface area contributed by atoms with Crippen LogP contribution in [-0.4, -0.2) is 47.2 Å². The van der Waals surface area contributed by atoms with E-state index in [1.165, 1.54) is 0 Å². The van der Waals surface area contributed by atoms with Crippen molar-refractivity contribution in [2.24, 2.45) is 5.14 Å². The van der Waals surface area contributed by atoms with E-state index >= 15 is 0 Å². The second-order valence-electron chi connectivity index (χ2n) is 3.69. The van der Waals surface area contributed by atoms with Crippen LogP contribution in [0.1, 0.15) is 0 Å². The SMILES string of the molecule is NS(=O)(=O)C(F)(F)C(F)(F)C(F)(F)S(=O)(=O)NS(=O)(=O)C(F)(F)F. The van der Waals surface area contributed by atoms with Crippen molar-refractivity contribution >= 4 is 30.1 Å². The largest absolute Gasteiger partial charge is 0.512 e. The molecule has 0 saturated heterocycles. The van der Waals surface area contributed by atoms with Crippen LogP contribution in [-0.2, 0) is 30.1 Å². The summed E-state index contributed by atoms with van der Waals surface area (Å²) in [5.41, 5.74) is -6.62. The zero-order valence-corrected chi connectivity index (χ0v) is 12.6. The van der Waals surface area contributed by atoms with E-state index in [9.17, 15) is 64.8 Å². The molecule has 0 amide bonds. The Kier molecular flexibility index (Phi) is 5.37. The van der Waals surface area contributed by atoms with Gasteiger partial charge < -0.3 is 0 Å². The van der Waals surface area contributed by atoms with Crippen molar-refractivity contribution in [3.8, 4) is 0 Å². The number of alkyl halides is 9. The second-order valence-corrected chi connectivity index (χ2v) is 8.95. The highest BCUT2D eigenvalue weighted by atomic mass is 32.3. The smallest absolute Gasteiger partial charge is 0.223 e. The summed E-state index contributed by atoms with van der Waals surface area (Å²) in [7, 11) is -21.9. The lowest BCUT2D eigenvalue weighted by Gasteiger charge is -2.30. The summed E-state index contributed by atoms with van der Waals surface area (Å²) in [4.78, 5) is 0. The van der Waals surface area contributed by atoms with Crippen LogP contribution in [0.25, 0.3) is 0 Å². The highest BCUT2D eigenvalue weighted by Gasteiger charge is 2.82. The first-order valence-electron chi connectivity index (χ1n) is 4.46. The van der Waals surface area contributed by atoms with E-state index in [1.54, 1.807) is 0 Å². The Balaban J connectivity index is 6.36. The van der Waals surface area contributed by atoms with Crippen LogP contribution in [0.15, 0.2) is 0 Å². The van der Waals surface area contributed by atoms with E-state index in [2.05, 4.69) is 5.14 Å². The molecule has 0 aromatic rings. The van der Waals surface area contributed by atoms with Gasteiger partial charge in [-0.15, -0.1) is 0 Å². The zero-order valence-electron chi connectivity index (χ0n) is 10.2. The van der Waals surface area contributed by atoms with E-state index in [-0.39, 0.29) is 0 Å². The summed E-state index contributed by atoms with van der Waals surface area (Å²) in [5.74, 6) is -7.46. The molecule has 24 heavy (non-hydrogen) atoms. The van der Waals surface area contributed by atoms with Crippen molar-refractivity contribution in [3.63, 3.8) is 0 Å². The van der Waals surface area contributed by atoms with Gasteiger partial charge in [0, 0.05) is 0 Å². The number of hydrogen-bond acceptors (Lipinski definition) is 6. The Morgan fingerprint density at radius 1 is 0.625 bits per heavy atom. The van der Waals surface area contributed by atoms with Gasteiger partial charge in [0.2, 0.25) is 0 Å². The van der Waals surface area contributed by atoms with E-state index in [0.717, 1.165) is 0 Å². The average Bonchev–Trinajstić information content (AvgIpc) is 2.23. The number of halogens is 9. The molecule has 0 bridgehead atoms. The molecular weight excluding hydrogens is 439 g/mol. The Morgan fingerprint density at radius 3 is 1.21 bits per heavy atom. The van der Waals surface area contributed by atoms with Crippen LogP contribution in [0.5, 0.6) is 0 Å². The zero-order chi connectivity index (χ0) is 20.2. The van der Waals surface area contributed by atoms with Gasteiger partial charge in [0.25, 0.3) is 20.0 Å². The van der Waals surface area contributed by atoms with Crippen LogP contribution >= 0.6 is 0 Å². The summed E-state index contributed by atoms with van der Waals surface area (Å²) >= 11 is 0. The molecule has 0 radical (unpaired) electrons. The molecule has 20 heteroatoms. The molecule has 0 unspecified atom stereocenters. The number of sulfonamides is 3. The molecule has 146 valence electrons. The summed E-state index contributed by atoms with van der Waals surface area (Å²) in [6.07, 6.45) is 0. The van der Waals surface area contributed by atoms with Gasteiger partial charge in [0.15, 0.2) is 0 Å². The van der Waals surface area contributed by atoms with Crippen LogP contribution in [0.2, 0.25) is 0 Å². The first kappa shape index (κ1) is 23.1. The fraction of sp³-hybridized carbons (Fsp3) is 1.00. The molecule has 0 aromatic heterocycles. The maximum absolute atomic E-state index is 13.1. The molecule has 0 aromatic carbocycles. The maximum atomic E-state index is 13.1. The van der Waals surface area contributed by atoms with E-state index < -0.39 is 56.1 Å². The Morgan fingerprint density at radius 2 is 0.958 bits per heavy atom. The van der Waals surface area contributed by atoms with E-state index in [0.29, 0.717) is 0 Å². The fourth-order valence-electron chi connectivity index (χ4n) is 0.761. The van der Waals surface area contributed by atoms with Gasteiger partial charge >= 0.3 is 32.0 Å². The number of primary sulfonamides is 1. The van der Waals surface area contributed by atoms with Crippen LogP contribution in [0, 0.1) is 0 Å². The summed E-state index contributed by atoms with van der Waals surface area (Å²) in [5, 5.41) is -10.8. The third kappa shape index (κ3) is 3.41. The van der Waals surface area contributed by atoms with E-state index in [4.69, 9.17) is 0 Å². The average molecular weight is 442 g/mol. The molecule has 8 nitrogen and oxygen atoms in total. The predicted octanol–water partition coefficient (Wildman–Crippen LogP) is -0.135. The summed E-state index contributed by atoms with van der Waals surface area (Å²) in [6, 6.07) is 0. The van der Waals surface area contributed by atoms with Gasteiger partial charge in [-0.1, -0.05) is 4.13 Å². The fourth-order valence-corrected chi connectivity index (χ4v) is 3.73. The monoisotopic (exact) mass is 442 g/mol. The molecule has 0 spiro atoms. The standard InChI is InChI=1S/C4H3F9N2O6S3/c5-1(6,2(7,8)22(14,16)17)3(9,10)23(18,19)15-24(20,21)4(11,12)13/h15H,(H2,14,16,17). The molecule has 0 saturated carbocycles. The van der Waals surface area contributed by atoms with Gasteiger partial charge in [-0.25, -0.2) is 30.4 Å². The minimum absolute atomic E-state index is 0.937. The van der Waals surface area contributed by atoms with Crippen LogP contribution in [0.3, 0.4) is 0 Å². The quantitative estimate of drug-likeness (QED) is 0.549. The van der Waals surface area contributed by atoms with Crippen molar-refractivity contribution in [3.05, 3.63) is 0 Å². The Hall–Kier alpha value is -0.860. The van der Waals surface area contributed by atoms with Crippen molar-refractivity contribution in [1.82, 2.24) is 4.13 Å².